The summed E-state index contributed by atoms with van der Waals surface area (Å²) in [6.07, 6.45) is 0.498. The molecule has 1 atom stereocenters. The summed E-state index contributed by atoms with van der Waals surface area (Å²) in [4.78, 5) is 19.5. The van der Waals surface area contributed by atoms with E-state index in [1.807, 2.05) is 0 Å². The fourth-order valence-electron chi connectivity index (χ4n) is 4.38. The smallest absolute Gasteiger partial charge is 0.419 e. The van der Waals surface area contributed by atoms with Crippen molar-refractivity contribution in [3.8, 4) is 17.0 Å². The summed E-state index contributed by atoms with van der Waals surface area (Å²) in [7, 11) is 0. The quantitative estimate of drug-likeness (QED) is 0.409. The monoisotopic (exact) mass is 480 g/mol. The van der Waals surface area contributed by atoms with Gasteiger partial charge in [-0.2, -0.15) is 13.2 Å². The summed E-state index contributed by atoms with van der Waals surface area (Å²) >= 11 is 0. The fourth-order valence-corrected chi connectivity index (χ4v) is 4.38. The summed E-state index contributed by atoms with van der Waals surface area (Å²) in [6.45, 7) is 5.24. The molecule has 10 heteroatoms. The van der Waals surface area contributed by atoms with Crippen LogP contribution in [0.4, 0.5) is 23.9 Å². The lowest BCUT2D eigenvalue weighted by Gasteiger charge is -2.28. The molecule has 1 aromatic heterocycles. The first kappa shape index (κ1) is 25.6. The van der Waals surface area contributed by atoms with Crippen LogP contribution in [-0.2, 0) is 6.18 Å². The van der Waals surface area contributed by atoms with Gasteiger partial charge in [-0.3, -0.25) is 0 Å². The fraction of sp³-hybridized carbons (Fsp3) is 0.542. The van der Waals surface area contributed by atoms with E-state index in [0.717, 1.165) is 31.7 Å². The Bertz CT molecular complexity index is 992. The minimum atomic E-state index is -4.61. The summed E-state index contributed by atoms with van der Waals surface area (Å²) < 4.78 is 47.0. The van der Waals surface area contributed by atoms with Gasteiger partial charge in [0.2, 0.25) is 5.95 Å². The second-order valence-corrected chi connectivity index (χ2v) is 9.53. The van der Waals surface area contributed by atoms with Gasteiger partial charge in [0.15, 0.2) is 0 Å². The molecule has 1 aliphatic rings. The first-order valence-corrected chi connectivity index (χ1v) is 11.4. The van der Waals surface area contributed by atoms with E-state index in [0.29, 0.717) is 23.6 Å². The number of halogens is 3. The molecule has 1 aromatic carbocycles. The van der Waals surface area contributed by atoms with Gasteiger partial charge in [-0.15, -0.1) is 0 Å². The molecule has 1 saturated carbocycles. The third-order valence-electron chi connectivity index (χ3n) is 5.75. The van der Waals surface area contributed by atoms with E-state index in [9.17, 15) is 18.0 Å². The Labute approximate surface area is 197 Å². The maximum atomic E-state index is 13.8. The Hall–Kier alpha value is -3.04. The third-order valence-corrected chi connectivity index (χ3v) is 5.75. The molecule has 34 heavy (non-hydrogen) atoms. The van der Waals surface area contributed by atoms with Crippen molar-refractivity contribution >= 4 is 12.0 Å². The van der Waals surface area contributed by atoms with Crippen LogP contribution in [0.2, 0.25) is 0 Å². The molecule has 2 aromatic rings. The number of rotatable bonds is 9. The molecular formula is C24H31F3N4O3. The predicted molar refractivity (Wildman–Crippen MR) is 123 cm³/mol. The first-order valence-electron chi connectivity index (χ1n) is 11.4. The van der Waals surface area contributed by atoms with E-state index in [1.165, 1.54) is 12.3 Å². The van der Waals surface area contributed by atoms with Gasteiger partial charge in [-0.25, -0.2) is 14.8 Å². The highest BCUT2D eigenvalue weighted by molar-refractivity contribution is 5.65. The molecule has 0 spiro atoms. The van der Waals surface area contributed by atoms with Crippen molar-refractivity contribution in [3.63, 3.8) is 0 Å². The van der Waals surface area contributed by atoms with Crippen LogP contribution in [0.15, 0.2) is 30.5 Å². The van der Waals surface area contributed by atoms with Gasteiger partial charge in [-0.05, 0) is 63.3 Å². The normalized spacial score (nSPS) is 15.7. The molecule has 0 bridgehead atoms. The summed E-state index contributed by atoms with van der Waals surface area (Å²) in [5.41, 5.74) is -0.911. The minimum Gasteiger partial charge on any atom is -0.493 e. The van der Waals surface area contributed by atoms with Gasteiger partial charge >= 0.3 is 12.3 Å². The Morgan fingerprint density at radius 1 is 1.24 bits per heavy atom. The molecule has 1 amide bonds. The number of hydrogen-bond donors (Lipinski definition) is 3. The lowest BCUT2D eigenvalue weighted by atomic mass is 9.92. The third kappa shape index (κ3) is 7.23. The standard InChI is InChI=1S/C24H31F3N4O3/c1-15(13-23(2,3)31-22(32)33)14-34-20-9-8-16(12-18(20)24(25,26)27)19-10-11-28-21(30-19)29-17-6-4-5-7-17/h8-12,15,17,31H,4-7,13-14H2,1-3H3,(H,32,33)(H,28,29,30)/t15-/m0/s1. The van der Waals surface area contributed by atoms with Crippen LogP contribution in [0, 0.1) is 5.92 Å². The van der Waals surface area contributed by atoms with Crippen LogP contribution in [0.1, 0.15) is 58.4 Å². The van der Waals surface area contributed by atoms with E-state index in [2.05, 4.69) is 20.6 Å². The number of anilines is 1. The zero-order chi connectivity index (χ0) is 24.9. The molecule has 1 heterocycles. The number of benzene rings is 1. The lowest BCUT2D eigenvalue weighted by Crippen LogP contribution is -2.44. The largest absolute Gasteiger partial charge is 0.493 e. The Morgan fingerprint density at radius 3 is 2.59 bits per heavy atom. The van der Waals surface area contributed by atoms with Crippen LogP contribution in [0.25, 0.3) is 11.3 Å². The highest BCUT2D eigenvalue weighted by atomic mass is 19.4. The average Bonchev–Trinajstić information content (AvgIpc) is 3.23. The maximum Gasteiger partial charge on any atom is 0.419 e. The molecule has 0 unspecified atom stereocenters. The van der Waals surface area contributed by atoms with Crippen molar-refractivity contribution in [3.05, 3.63) is 36.0 Å². The van der Waals surface area contributed by atoms with Gasteiger partial charge < -0.3 is 20.5 Å². The highest BCUT2D eigenvalue weighted by Gasteiger charge is 2.35. The van der Waals surface area contributed by atoms with Crippen molar-refractivity contribution in [2.24, 2.45) is 5.92 Å². The topological polar surface area (TPSA) is 96.4 Å². The van der Waals surface area contributed by atoms with Crippen molar-refractivity contribution in [2.45, 2.75) is 70.6 Å². The van der Waals surface area contributed by atoms with Gasteiger partial charge in [0, 0.05) is 23.3 Å². The SMILES string of the molecule is C[C@H](COc1ccc(-c2ccnc(NC3CCCC3)n2)cc1C(F)(F)F)CC(C)(C)NC(=O)O. The molecule has 1 aliphatic carbocycles. The average molecular weight is 481 g/mol. The number of aromatic nitrogens is 2. The highest BCUT2D eigenvalue weighted by Crippen LogP contribution is 2.39. The van der Waals surface area contributed by atoms with E-state index in [1.54, 1.807) is 32.9 Å². The zero-order valence-corrected chi connectivity index (χ0v) is 19.6. The van der Waals surface area contributed by atoms with Gasteiger partial charge in [0.25, 0.3) is 0 Å². The van der Waals surface area contributed by atoms with E-state index < -0.39 is 23.4 Å². The molecule has 7 nitrogen and oxygen atoms in total. The van der Waals surface area contributed by atoms with Gasteiger partial charge in [-0.1, -0.05) is 19.8 Å². The van der Waals surface area contributed by atoms with E-state index in [-0.39, 0.29) is 24.3 Å². The first-order chi connectivity index (χ1) is 15.9. The summed E-state index contributed by atoms with van der Waals surface area (Å²) in [6, 6.07) is 5.76. The van der Waals surface area contributed by atoms with E-state index in [4.69, 9.17) is 9.84 Å². The van der Waals surface area contributed by atoms with Crippen molar-refractivity contribution in [1.82, 2.24) is 15.3 Å². The Morgan fingerprint density at radius 2 is 1.94 bits per heavy atom. The number of alkyl halides is 3. The van der Waals surface area contributed by atoms with Crippen molar-refractivity contribution in [2.75, 3.05) is 11.9 Å². The van der Waals surface area contributed by atoms with Crippen LogP contribution in [0.3, 0.4) is 0 Å². The maximum absolute atomic E-state index is 13.8. The molecule has 0 saturated heterocycles. The Kier molecular flexibility index (Phi) is 7.89. The molecule has 0 radical (unpaired) electrons. The summed E-state index contributed by atoms with van der Waals surface area (Å²) in [5.74, 6) is -0.0520. The predicted octanol–water partition coefficient (Wildman–Crippen LogP) is 5.97. The second kappa shape index (κ2) is 10.5. The van der Waals surface area contributed by atoms with Gasteiger partial charge in [0.1, 0.15) is 5.75 Å². The van der Waals surface area contributed by atoms with Crippen LogP contribution in [-0.4, -0.2) is 39.4 Å². The van der Waals surface area contributed by atoms with Gasteiger partial charge in [0.05, 0.1) is 17.9 Å². The van der Waals surface area contributed by atoms with Crippen molar-refractivity contribution < 1.29 is 27.8 Å². The number of amides is 1. The van der Waals surface area contributed by atoms with Crippen LogP contribution in [0.5, 0.6) is 5.75 Å². The van der Waals surface area contributed by atoms with Crippen molar-refractivity contribution in [1.29, 1.82) is 0 Å². The number of carboxylic acid groups (broad SMARTS) is 1. The molecule has 3 rings (SSSR count). The number of nitrogens with zero attached hydrogens (tertiary/aromatic N) is 2. The van der Waals surface area contributed by atoms with E-state index >= 15 is 0 Å². The Balaban J connectivity index is 1.75. The molecular weight excluding hydrogens is 449 g/mol. The number of ether oxygens (including phenoxy) is 1. The lowest BCUT2D eigenvalue weighted by molar-refractivity contribution is -0.139. The molecule has 1 fully saturated rings. The molecule has 0 aliphatic heterocycles. The minimum absolute atomic E-state index is 0.0100. The zero-order valence-electron chi connectivity index (χ0n) is 19.6. The second-order valence-electron chi connectivity index (χ2n) is 9.53. The summed E-state index contributed by atoms with van der Waals surface area (Å²) in [5, 5.41) is 14.6. The number of hydrogen-bond acceptors (Lipinski definition) is 5. The molecule has 3 N–H and O–H groups in total. The number of carbonyl (C=O) groups is 1. The number of nitrogens with one attached hydrogen (secondary N) is 2. The van der Waals surface area contributed by atoms with Crippen LogP contribution >= 0.6 is 0 Å². The molecule has 186 valence electrons. The van der Waals surface area contributed by atoms with Crippen LogP contribution < -0.4 is 15.4 Å².